The lowest BCUT2D eigenvalue weighted by atomic mass is 9.86. The van der Waals surface area contributed by atoms with Crippen molar-refractivity contribution in [3.63, 3.8) is 0 Å². The van der Waals surface area contributed by atoms with Crippen molar-refractivity contribution in [2.45, 2.75) is 32.2 Å². The monoisotopic (exact) mass is 388 g/mol. The number of piperazine rings is 1. The molecule has 1 saturated heterocycles. The van der Waals surface area contributed by atoms with E-state index in [1.54, 1.807) is 6.20 Å². The summed E-state index contributed by atoms with van der Waals surface area (Å²) >= 11 is 0. The number of anilines is 1. The van der Waals surface area contributed by atoms with E-state index in [0.717, 1.165) is 36.4 Å². The minimum Gasteiger partial charge on any atom is -0.325 e. The number of hydrogen-bond acceptors (Lipinski definition) is 4. The van der Waals surface area contributed by atoms with Crippen LogP contribution in [0.2, 0.25) is 0 Å². The first-order chi connectivity index (χ1) is 12.4. The zero-order valence-electron chi connectivity index (χ0n) is 16.2. The summed E-state index contributed by atoms with van der Waals surface area (Å²) in [7, 11) is 0. The molecule has 6 heteroatoms. The van der Waals surface area contributed by atoms with Crippen molar-refractivity contribution in [2.75, 3.05) is 31.5 Å². The van der Waals surface area contributed by atoms with Gasteiger partial charge in [0.05, 0.1) is 6.54 Å². The van der Waals surface area contributed by atoms with E-state index >= 15 is 0 Å². The van der Waals surface area contributed by atoms with E-state index in [1.165, 1.54) is 0 Å². The number of pyridine rings is 1. The van der Waals surface area contributed by atoms with E-state index < -0.39 is 0 Å². The van der Waals surface area contributed by atoms with Gasteiger partial charge in [-0.15, -0.1) is 12.4 Å². The van der Waals surface area contributed by atoms with Crippen LogP contribution in [0.3, 0.4) is 0 Å². The van der Waals surface area contributed by atoms with Gasteiger partial charge in [-0.1, -0.05) is 45.0 Å². The van der Waals surface area contributed by atoms with Gasteiger partial charge >= 0.3 is 0 Å². The van der Waals surface area contributed by atoms with Crippen LogP contribution in [0.1, 0.15) is 37.9 Å². The average Bonchev–Trinajstić information content (AvgIpc) is 2.62. The normalized spacial score (nSPS) is 17.8. The number of carbonyl (C=O) groups excluding carboxylic acids is 1. The third kappa shape index (κ3) is 5.51. The number of amides is 1. The molecule has 1 atom stereocenters. The fourth-order valence-corrected chi connectivity index (χ4v) is 3.46. The molecule has 27 heavy (non-hydrogen) atoms. The zero-order chi connectivity index (χ0) is 18.6. The summed E-state index contributed by atoms with van der Waals surface area (Å²) in [5.41, 5.74) is 3.18. The number of benzene rings is 1. The lowest BCUT2D eigenvalue weighted by molar-refractivity contribution is -0.118. The molecule has 2 heterocycles. The summed E-state index contributed by atoms with van der Waals surface area (Å²) in [6.07, 6.45) is 3.66. The molecule has 146 valence electrons. The topological polar surface area (TPSA) is 57.3 Å². The minimum absolute atomic E-state index is 0. The number of nitrogens with zero attached hydrogens (tertiary/aromatic N) is 2. The molecular weight excluding hydrogens is 360 g/mol. The molecule has 2 aromatic rings. The maximum absolute atomic E-state index is 12.7. The van der Waals surface area contributed by atoms with Gasteiger partial charge in [-0.25, -0.2) is 0 Å². The second kappa shape index (κ2) is 9.31. The summed E-state index contributed by atoms with van der Waals surface area (Å²) in [6.45, 7) is 9.42. The Balaban J connectivity index is 0.00000261. The standard InChI is InChI=1S/C21H28N4O.ClH/c1-21(2,3)17-8-4-5-9-18(17)24-20(26)15-25-12-11-23-14-19(25)16-7-6-10-22-13-16;/h4-10,13,19,23H,11-12,14-15H2,1-3H3,(H,24,26);1H. The van der Waals surface area contributed by atoms with Crippen LogP contribution >= 0.6 is 12.4 Å². The van der Waals surface area contributed by atoms with Gasteiger partial charge in [0.2, 0.25) is 5.91 Å². The lowest BCUT2D eigenvalue weighted by Gasteiger charge is -2.36. The van der Waals surface area contributed by atoms with E-state index in [1.807, 2.05) is 30.5 Å². The minimum atomic E-state index is -0.0167. The molecule has 1 aliphatic heterocycles. The molecule has 0 aliphatic carbocycles. The molecular formula is C21H29ClN4O. The third-order valence-corrected chi connectivity index (χ3v) is 4.78. The van der Waals surface area contributed by atoms with E-state index in [4.69, 9.17) is 0 Å². The maximum atomic E-state index is 12.7. The largest absolute Gasteiger partial charge is 0.325 e. The predicted octanol–water partition coefficient (Wildman–Crippen LogP) is 3.39. The van der Waals surface area contributed by atoms with Crippen molar-refractivity contribution in [1.82, 2.24) is 15.2 Å². The first kappa shape index (κ1) is 21.4. The molecule has 1 unspecified atom stereocenters. The highest BCUT2D eigenvalue weighted by Gasteiger charge is 2.26. The Bertz CT molecular complexity index is 745. The lowest BCUT2D eigenvalue weighted by Crippen LogP contribution is -2.48. The van der Waals surface area contributed by atoms with E-state index in [2.05, 4.69) is 53.4 Å². The number of rotatable bonds is 4. The smallest absolute Gasteiger partial charge is 0.238 e. The Morgan fingerprint density at radius 1 is 1.26 bits per heavy atom. The number of nitrogens with one attached hydrogen (secondary N) is 2. The van der Waals surface area contributed by atoms with Gasteiger partial charge in [-0.3, -0.25) is 14.7 Å². The molecule has 1 amide bonds. The van der Waals surface area contributed by atoms with Crippen LogP contribution in [0.15, 0.2) is 48.8 Å². The Kier molecular flexibility index (Phi) is 7.36. The van der Waals surface area contributed by atoms with Gasteiger partial charge in [-0.05, 0) is 28.7 Å². The molecule has 0 bridgehead atoms. The third-order valence-electron chi connectivity index (χ3n) is 4.78. The molecule has 0 radical (unpaired) electrons. The molecule has 1 aromatic carbocycles. The van der Waals surface area contributed by atoms with E-state index in [-0.39, 0.29) is 29.8 Å². The molecule has 3 rings (SSSR count). The highest BCUT2D eigenvalue weighted by molar-refractivity contribution is 5.93. The number of para-hydroxylation sites is 1. The number of carbonyl (C=O) groups is 1. The van der Waals surface area contributed by atoms with Crippen molar-refractivity contribution in [3.8, 4) is 0 Å². The van der Waals surface area contributed by atoms with Crippen LogP contribution in [-0.2, 0) is 10.2 Å². The highest BCUT2D eigenvalue weighted by Crippen LogP contribution is 2.29. The van der Waals surface area contributed by atoms with Crippen molar-refractivity contribution in [3.05, 3.63) is 59.9 Å². The average molecular weight is 389 g/mol. The summed E-state index contributed by atoms with van der Waals surface area (Å²) in [5, 5.41) is 6.53. The van der Waals surface area contributed by atoms with Crippen LogP contribution in [-0.4, -0.2) is 42.0 Å². The predicted molar refractivity (Wildman–Crippen MR) is 112 cm³/mol. The number of halogens is 1. The molecule has 5 nitrogen and oxygen atoms in total. The Hall–Kier alpha value is -1.95. The molecule has 0 spiro atoms. The van der Waals surface area contributed by atoms with Crippen LogP contribution in [0.25, 0.3) is 0 Å². The summed E-state index contributed by atoms with van der Waals surface area (Å²) < 4.78 is 0. The van der Waals surface area contributed by atoms with Crippen LogP contribution in [0.4, 0.5) is 5.69 Å². The maximum Gasteiger partial charge on any atom is 0.238 e. The Morgan fingerprint density at radius 2 is 2.04 bits per heavy atom. The fourth-order valence-electron chi connectivity index (χ4n) is 3.46. The van der Waals surface area contributed by atoms with Gasteiger partial charge in [0, 0.05) is 43.8 Å². The second-order valence-corrected chi connectivity index (χ2v) is 7.82. The van der Waals surface area contributed by atoms with Gasteiger partial charge < -0.3 is 10.6 Å². The van der Waals surface area contributed by atoms with Gasteiger partial charge in [0.15, 0.2) is 0 Å². The summed E-state index contributed by atoms with van der Waals surface area (Å²) in [6, 6.07) is 12.2. The van der Waals surface area contributed by atoms with Crippen LogP contribution < -0.4 is 10.6 Å². The quantitative estimate of drug-likeness (QED) is 0.842. The Morgan fingerprint density at radius 3 is 2.74 bits per heavy atom. The number of hydrogen-bond donors (Lipinski definition) is 2. The van der Waals surface area contributed by atoms with Gasteiger partial charge in [0.1, 0.15) is 0 Å². The number of aromatic nitrogens is 1. The molecule has 1 aromatic heterocycles. The summed E-state index contributed by atoms with van der Waals surface area (Å²) in [4.78, 5) is 19.2. The van der Waals surface area contributed by atoms with Crippen molar-refractivity contribution < 1.29 is 4.79 Å². The van der Waals surface area contributed by atoms with E-state index in [0.29, 0.717) is 6.54 Å². The molecule has 1 aliphatic rings. The molecule has 1 fully saturated rings. The van der Waals surface area contributed by atoms with Crippen molar-refractivity contribution in [1.29, 1.82) is 0 Å². The molecule has 2 N–H and O–H groups in total. The van der Waals surface area contributed by atoms with Crippen LogP contribution in [0, 0.1) is 0 Å². The SMILES string of the molecule is CC(C)(C)c1ccccc1NC(=O)CN1CCNCC1c1cccnc1.Cl. The summed E-state index contributed by atoms with van der Waals surface area (Å²) in [5.74, 6) is 0.0255. The van der Waals surface area contributed by atoms with Gasteiger partial charge in [0.25, 0.3) is 0 Å². The van der Waals surface area contributed by atoms with Crippen LogP contribution in [0.5, 0.6) is 0 Å². The van der Waals surface area contributed by atoms with E-state index in [9.17, 15) is 4.79 Å². The first-order valence-electron chi connectivity index (χ1n) is 9.19. The molecule has 0 saturated carbocycles. The highest BCUT2D eigenvalue weighted by atomic mass is 35.5. The van der Waals surface area contributed by atoms with Crippen molar-refractivity contribution in [2.24, 2.45) is 0 Å². The van der Waals surface area contributed by atoms with Gasteiger partial charge in [-0.2, -0.15) is 0 Å². The fraction of sp³-hybridized carbons (Fsp3) is 0.429. The first-order valence-corrected chi connectivity index (χ1v) is 9.19. The Labute approximate surface area is 168 Å². The zero-order valence-corrected chi connectivity index (χ0v) is 17.1. The van der Waals surface area contributed by atoms with Crippen molar-refractivity contribution >= 4 is 24.0 Å². The second-order valence-electron chi connectivity index (χ2n) is 7.82.